The molecule has 0 aliphatic heterocycles. The van der Waals surface area contributed by atoms with Crippen molar-refractivity contribution in [3.8, 4) is 6.07 Å². The van der Waals surface area contributed by atoms with Crippen LogP contribution < -0.4 is 5.32 Å². The second-order valence-electron chi connectivity index (χ2n) is 7.14. The SMILES string of the molecule is N#CC(CC1CCC(O)C(O)C1)C(O)NCC1CCCCC1. The van der Waals surface area contributed by atoms with Gasteiger partial charge in [-0.2, -0.15) is 5.26 Å². The molecule has 2 fully saturated rings. The van der Waals surface area contributed by atoms with Crippen molar-refractivity contribution in [2.24, 2.45) is 17.8 Å². The molecule has 0 aromatic heterocycles. The zero-order chi connectivity index (χ0) is 15.9. The van der Waals surface area contributed by atoms with Crippen molar-refractivity contribution in [3.63, 3.8) is 0 Å². The van der Waals surface area contributed by atoms with E-state index in [1.807, 2.05) is 0 Å². The van der Waals surface area contributed by atoms with Gasteiger partial charge >= 0.3 is 0 Å². The molecule has 0 spiro atoms. The van der Waals surface area contributed by atoms with Crippen LogP contribution in [0, 0.1) is 29.1 Å². The monoisotopic (exact) mass is 310 g/mol. The van der Waals surface area contributed by atoms with E-state index in [1.54, 1.807) is 0 Å². The fourth-order valence-electron chi connectivity index (χ4n) is 3.86. The summed E-state index contributed by atoms with van der Waals surface area (Å²) in [5, 5.41) is 42.0. The van der Waals surface area contributed by atoms with Crippen LogP contribution in [0.15, 0.2) is 0 Å². The third-order valence-corrected chi connectivity index (χ3v) is 5.36. The summed E-state index contributed by atoms with van der Waals surface area (Å²) in [5.41, 5.74) is 0. The third-order valence-electron chi connectivity index (χ3n) is 5.36. The van der Waals surface area contributed by atoms with Crippen molar-refractivity contribution in [1.82, 2.24) is 5.32 Å². The van der Waals surface area contributed by atoms with Crippen molar-refractivity contribution in [2.75, 3.05) is 6.54 Å². The Morgan fingerprint density at radius 1 is 1.00 bits per heavy atom. The summed E-state index contributed by atoms with van der Waals surface area (Å²) < 4.78 is 0. The molecule has 0 bridgehead atoms. The standard InChI is InChI=1S/C17H30N2O3/c18-10-14(8-13-6-7-15(20)16(21)9-13)17(22)19-11-12-4-2-1-3-5-12/h12-17,19-22H,1-9,11H2. The predicted molar refractivity (Wildman–Crippen MR) is 83.7 cm³/mol. The molecule has 5 heteroatoms. The van der Waals surface area contributed by atoms with Crippen LogP contribution in [0.25, 0.3) is 0 Å². The van der Waals surface area contributed by atoms with Crippen LogP contribution in [0.3, 0.4) is 0 Å². The van der Waals surface area contributed by atoms with Gasteiger partial charge in [-0.1, -0.05) is 19.3 Å². The van der Waals surface area contributed by atoms with Crippen LogP contribution in [0.1, 0.15) is 57.8 Å². The summed E-state index contributed by atoms with van der Waals surface area (Å²) in [7, 11) is 0. The minimum absolute atomic E-state index is 0.203. The highest BCUT2D eigenvalue weighted by Crippen LogP contribution is 2.30. The molecule has 4 N–H and O–H groups in total. The number of nitrogens with one attached hydrogen (secondary N) is 1. The summed E-state index contributed by atoms with van der Waals surface area (Å²) in [6, 6.07) is 2.21. The van der Waals surface area contributed by atoms with E-state index in [0.29, 0.717) is 25.2 Å². The predicted octanol–water partition coefficient (Wildman–Crippen LogP) is 1.53. The quantitative estimate of drug-likeness (QED) is 0.558. The number of nitrogens with zero attached hydrogens (tertiary/aromatic N) is 1. The topological polar surface area (TPSA) is 96.5 Å². The molecule has 0 heterocycles. The van der Waals surface area contributed by atoms with Crippen LogP contribution in [0.5, 0.6) is 0 Å². The highest BCUT2D eigenvalue weighted by molar-refractivity contribution is 4.91. The molecule has 0 saturated heterocycles. The Kier molecular flexibility index (Phi) is 7.10. The first-order valence-corrected chi connectivity index (χ1v) is 8.77. The van der Waals surface area contributed by atoms with Crippen molar-refractivity contribution in [3.05, 3.63) is 0 Å². The van der Waals surface area contributed by atoms with E-state index < -0.39 is 24.4 Å². The summed E-state index contributed by atoms with van der Waals surface area (Å²) in [4.78, 5) is 0. The largest absolute Gasteiger partial charge is 0.390 e. The van der Waals surface area contributed by atoms with Gasteiger partial charge in [-0.05, 0) is 50.4 Å². The Labute approximate surface area is 133 Å². The summed E-state index contributed by atoms with van der Waals surface area (Å²) in [6.45, 7) is 0.783. The lowest BCUT2D eigenvalue weighted by atomic mass is 9.80. The first-order chi connectivity index (χ1) is 10.6. The van der Waals surface area contributed by atoms with Crippen molar-refractivity contribution in [1.29, 1.82) is 5.26 Å². The fourth-order valence-corrected chi connectivity index (χ4v) is 3.86. The van der Waals surface area contributed by atoms with Crippen molar-refractivity contribution < 1.29 is 15.3 Å². The zero-order valence-corrected chi connectivity index (χ0v) is 13.3. The Morgan fingerprint density at radius 2 is 1.73 bits per heavy atom. The summed E-state index contributed by atoms with van der Waals surface area (Å²) in [6.07, 6.45) is 6.66. The maximum atomic E-state index is 10.2. The van der Waals surface area contributed by atoms with Crippen LogP contribution >= 0.6 is 0 Å². The van der Waals surface area contributed by atoms with Gasteiger partial charge in [-0.15, -0.1) is 0 Å². The average Bonchev–Trinajstić information content (AvgIpc) is 2.54. The molecule has 0 aromatic carbocycles. The molecular formula is C17H30N2O3. The lowest BCUT2D eigenvalue weighted by Gasteiger charge is -2.32. The van der Waals surface area contributed by atoms with Crippen LogP contribution in [-0.2, 0) is 0 Å². The number of rotatable bonds is 6. The third kappa shape index (κ3) is 5.20. The second-order valence-corrected chi connectivity index (χ2v) is 7.14. The van der Waals surface area contributed by atoms with Gasteiger partial charge in [0.1, 0.15) is 6.23 Å². The molecule has 5 nitrogen and oxygen atoms in total. The summed E-state index contributed by atoms with van der Waals surface area (Å²) >= 11 is 0. The molecule has 0 aromatic rings. The second kappa shape index (κ2) is 8.83. The van der Waals surface area contributed by atoms with Crippen LogP contribution in [0.4, 0.5) is 0 Å². The Bertz CT molecular complexity index is 365. The highest BCUT2D eigenvalue weighted by atomic mass is 16.3. The van der Waals surface area contributed by atoms with E-state index in [-0.39, 0.29) is 5.92 Å². The highest BCUT2D eigenvalue weighted by Gasteiger charge is 2.31. The first-order valence-electron chi connectivity index (χ1n) is 8.77. The van der Waals surface area contributed by atoms with Gasteiger partial charge in [0, 0.05) is 6.54 Å². The maximum Gasteiger partial charge on any atom is 0.120 e. The number of hydrogen-bond acceptors (Lipinski definition) is 5. The average molecular weight is 310 g/mol. The molecule has 2 rings (SSSR count). The van der Waals surface area contributed by atoms with Crippen LogP contribution in [0.2, 0.25) is 0 Å². The number of aliphatic hydroxyl groups is 3. The minimum Gasteiger partial charge on any atom is -0.390 e. The molecular weight excluding hydrogens is 280 g/mol. The molecule has 5 atom stereocenters. The fraction of sp³-hybridized carbons (Fsp3) is 0.941. The molecule has 5 unspecified atom stereocenters. The lowest BCUT2D eigenvalue weighted by Crippen LogP contribution is -2.41. The molecule has 2 saturated carbocycles. The van der Waals surface area contributed by atoms with E-state index in [1.165, 1.54) is 32.1 Å². The van der Waals surface area contributed by atoms with Gasteiger partial charge in [-0.25, -0.2) is 0 Å². The zero-order valence-electron chi connectivity index (χ0n) is 13.3. The Balaban J connectivity index is 1.74. The maximum absolute atomic E-state index is 10.2. The molecule has 22 heavy (non-hydrogen) atoms. The van der Waals surface area contributed by atoms with Crippen LogP contribution in [-0.4, -0.2) is 40.3 Å². The van der Waals surface area contributed by atoms with E-state index >= 15 is 0 Å². The molecule has 2 aliphatic carbocycles. The van der Waals surface area contributed by atoms with Gasteiger partial charge in [0.25, 0.3) is 0 Å². The van der Waals surface area contributed by atoms with E-state index in [0.717, 1.165) is 13.0 Å². The van der Waals surface area contributed by atoms with Gasteiger partial charge in [0.15, 0.2) is 0 Å². The van der Waals surface area contributed by atoms with E-state index in [9.17, 15) is 20.6 Å². The van der Waals surface area contributed by atoms with Crippen molar-refractivity contribution >= 4 is 0 Å². The van der Waals surface area contributed by atoms with E-state index in [4.69, 9.17) is 0 Å². The molecule has 0 radical (unpaired) electrons. The van der Waals surface area contributed by atoms with Crippen molar-refractivity contribution in [2.45, 2.75) is 76.2 Å². The molecule has 126 valence electrons. The Morgan fingerprint density at radius 3 is 2.36 bits per heavy atom. The Hall–Kier alpha value is -0.670. The van der Waals surface area contributed by atoms with E-state index in [2.05, 4.69) is 11.4 Å². The lowest BCUT2D eigenvalue weighted by molar-refractivity contribution is -0.0315. The first kappa shape index (κ1) is 17.7. The number of aliphatic hydroxyl groups excluding tert-OH is 3. The van der Waals surface area contributed by atoms with Gasteiger partial charge in [0.2, 0.25) is 0 Å². The minimum atomic E-state index is -0.795. The van der Waals surface area contributed by atoms with Gasteiger partial charge in [-0.3, -0.25) is 5.32 Å². The smallest absolute Gasteiger partial charge is 0.120 e. The molecule has 2 aliphatic rings. The summed E-state index contributed by atoms with van der Waals surface area (Å²) in [5.74, 6) is 0.375. The van der Waals surface area contributed by atoms with Gasteiger partial charge < -0.3 is 15.3 Å². The number of nitriles is 1. The normalized spacial score (nSPS) is 33.1. The van der Waals surface area contributed by atoms with Gasteiger partial charge in [0.05, 0.1) is 24.2 Å². The number of hydrogen-bond donors (Lipinski definition) is 4. The molecule has 0 amide bonds.